The molecule has 0 amide bonds. The fraction of sp³-hybridized carbons (Fsp3) is 0.0952. The fourth-order valence-corrected chi connectivity index (χ4v) is 3.06. The first kappa shape index (κ1) is 19.2. The number of benzene rings is 3. The van der Waals surface area contributed by atoms with Crippen molar-refractivity contribution in [1.29, 1.82) is 0 Å². The smallest absolute Gasteiger partial charge is 0.189 e. The molecule has 1 unspecified atom stereocenters. The van der Waals surface area contributed by atoms with Gasteiger partial charge in [-0.15, -0.1) is 0 Å². The Bertz CT molecular complexity index is 943. The van der Waals surface area contributed by atoms with Crippen molar-refractivity contribution in [3.63, 3.8) is 0 Å². The zero-order valence-corrected chi connectivity index (χ0v) is 15.9. The molecular weight excluding hydrogens is 388 g/mol. The highest BCUT2D eigenvalue weighted by Gasteiger charge is 2.24. The predicted molar refractivity (Wildman–Crippen MR) is 107 cm³/mol. The number of halogens is 3. The minimum atomic E-state index is -0.798. The van der Waals surface area contributed by atoms with Gasteiger partial charge in [0.05, 0.1) is 7.11 Å². The van der Waals surface area contributed by atoms with Gasteiger partial charge in [0, 0.05) is 26.9 Å². The third kappa shape index (κ3) is 4.59. The number of ketones is 1. The summed E-state index contributed by atoms with van der Waals surface area (Å²) in [5.41, 5.74) is 1.64. The molecule has 3 aromatic rings. The van der Waals surface area contributed by atoms with Gasteiger partial charge in [-0.3, -0.25) is 4.79 Å². The fourth-order valence-electron chi connectivity index (χ4n) is 2.65. The van der Waals surface area contributed by atoms with Crippen LogP contribution in [0.25, 0.3) is 0 Å². The summed E-state index contributed by atoms with van der Waals surface area (Å²) in [5.74, 6) is 0.0165. The van der Waals surface area contributed by atoms with E-state index >= 15 is 0 Å². The average molecular weight is 404 g/mol. The number of hydrogen-bond donors (Lipinski definition) is 1. The number of methoxy groups -OCH3 is 1. The molecule has 3 nitrogen and oxygen atoms in total. The number of anilines is 1. The normalized spacial score (nSPS) is 11.7. The van der Waals surface area contributed by atoms with E-state index in [1.54, 1.807) is 55.6 Å². The van der Waals surface area contributed by atoms with Gasteiger partial charge in [-0.25, -0.2) is 4.39 Å². The topological polar surface area (TPSA) is 38.3 Å². The number of carbonyl (C=O) groups excluding carboxylic acids is 1. The van der Waals surface area contributed by atoms with Crippen LogP contribution in [0.5, 0.6) is 5.75 Å². The van der Waals surface area contributed by atoms with Crippen LogP contribution in [0.3, 0.4) is 0 Å². The Labute approximate surface area is 166 Å². The molecule has 0 aromatic heterocycles. The van der Waals surface area contributed by atoms with Crippen LogP contribution in [0, 0.1) is 5.82 Å². The summed E-state index contributed by atoms with van der Waals surface area (Å²) in [5, 5.41) is 3.88. The highest BCUT2D eigenvalue weighted by molar-refractivity contribution is 6.32. The largest absolute Gasteiger partial charge is 0.497 e. The van der Waals surface area contributed by atoms with Crippen molar-refractivity contribution in [3.8, 4) is 5.75 Å². The van der Waals surface area contributed by atoms with Crippen LogP contribution >= 0.6 is 23.2 Å². The van der Waals surface area contributed by atoms with Crippen molar-refractivity contribution < 1.29 is 13.9 Å². The molecule has 1 N–H and O–H groups in total. The standard InChI is InChI=1S/C21H16Cl2FNO2/c1-27-17-9-7-16(8-10-17)25-20(18-11-6-15(24)12-19(18)23)21(26)13-2-4-14(22)5-3-13/h2-12,20,25H,1H3. The van der Waals surface area contributed by atoms with Crippen LogP contribution in [-0.4, -0.2) is 12.9 Å². The SMILES string of the molecule is COc1ccc(NC(C(=O)c2ccc(Cl)cc2)c2ccc(F)cc2Cl)cc1. The van der Waals surface area contributed by atoms with Crippen LogP contribution in [0.2, 0.25) is 10.0 Å². The molecule has 0 saturated carbocycles. The number of ether oxygens (including phenoxy) is 1. The predicted octanol–water partition coefficient (Wildman–Crippen LogP) is 6.18. The second-order valence-corrected chi connectivity index (χ2v) is 6.69. The van der Waals surface area contributed by atoms with Gasteiger partial charge in [-0.2, -0.15) is 0 Å². The maximum Gasteiger partial charge on any atom is 0.189 e. The lowest BCUT2D eigenvalue weighted by molar-refractivity contribution is 0.0969. The van der Waals surface area contributed by atoms with Crippen molar-refractivity contribution in [2.75, 3.05) is 12.4 Å². The number of Topliss-reactive ketones (excluding diaryl/α,β-unsaturated/α-hetero) is 1. The Morgan fingerprint density at radius 1 is 1.00 bits per heavy atom. The average Bonchev–Trinajstić information content (AvgIpc) is 2.67. The Hall–Kier alpha value is -2.56. The number of nitrogens with one attached hydrogen (secondary N) is 1. The zero-order chi connectivity index (χ0) is 19.4. The van der Waals surface area contributed by atoms with Gasteiger partial charge in [-0.1, -0.05) is 29.3 Å². The van der Waals surface area contributed by atoms with E-state index in [1.807, 2.05) is 0 Å². The molecule has 0 heterocycles. The minimum absolute atomic E-state index is 0.170. The first-order valence-electron chi connectivity index (χ1n) is 8.13. The maximum absolute atomic E-state index is 13.5. The molecule has 6 heteroatoms. The Morgan fingerprint density at radius 3 is 2.26 bits per heavy atom. The van der Waals surface area contributed by atoms with Gasteiger partial charge < -0.3 is 10.1 Å². The van der Waals surface area contributed by atoms with Crippen LogP contribution in [0.4, 0.5) is 10.1 Å². The molecule has 0 saturated heterocycles. The Kier molecular flexibility index (Phi) is 5.99. The van der Waals surface area contributed by atoms with Crippen LogP contribution in [0.15, 0.2) is 66.7 Å². The van der Waals surface area contributed by atoms with E-state index in [-0.39, 0.29) is 10.8 Å². The van der Waals surface area contributed by atoms with Gasteiger partial charge in [0.25, 0.3) is 0 Å². The van der Waals surface area contributed by atoms with E-state index in [4.69, 9.17) is 27.9 Å². The summed E-state index contributed by atoms with van der Waals surface area (Å²) < 4.78 is 18.6. The molecule has 0 fully saturated rings. The van der Waals surface area contributed by atoms with Gasteiger partial charge in [0.1, 0.15) is 17.6 Å². The van der Waals surface area contributed by atoms with E-state index in [2.05, 4.69) is 5.32 Å². The summed E-state index contributed by atoms with van der Waals surface area (Å²) in [6.07, 6.45) is 0. The third-order valence-corrected chi connectivity index (χ3v) is 4.64. The van der Waals surface area contributed by atoms with Gasteiger partial charge >= 0.3 is 0 Å². The molecule has 1 atom stereocenters. The van der Waals surface area contributed by atoms with Crippen molar-refractivity contribution in [1.82, 2.24) is 0 Å². The highest BCUT2D eigenvalue weighted by Crippen LogP contribution is 2.30. The lowest BCUT2D eigenvalue weighted by Crippen LogP contribution is -2.21. The summed E-state index contributed by atoms with van der Waals surface area (Å²) in [4.78, 5) is 13.1. The molecule has 0 aliphatic rings. The molecular formula is C21H16Cl2FNO2. The lowest BCUT2D eigenvalue weighted by atomic mass is 9.97. The van der Waals surface area contributed by atoms with Crippen molar-refractivity contribution in [2.24, 2.45) is 0 Å². The second-order valence-electron chi connectivity index (χ2n) is 5.84. The first-order valence-corrected chi connectivity index (χ1v) is 8.89. The molecule has 3 rings (SSSR count). The Balaban J connectivity index is 1.99. The molecule has 0 radical (unpaired) electrons. The number of rotatable bonds is 6. The maximum atomic E-state index is 13.5. The Morgan fingerprint density at radius 2 is 1.67 bits per heavy atom. The molecule has 138 valence electrons. The molecule has 0 aliphatic heterocycles. The highest BCUT2D eigenvalue weighted by atomic mass is 35.5. The van der Waals surface area contributed by atoms with Crippen molar-refractivity contribution in [2.45, 2.75) is 6.04 Å². The monoisotopic (exact) mass is 403 g/mol. The van der Waals surface area contributed by atoms with E-state index in [1.165, 1.54) is 18.2 Å². The zero-order valence-electron chi connectivity index (χ0n) is 14.4. The molecule has 0 bridgehead atoms. The summed E-state index contributed by atoms with van der Waals surface area (Å²) >= 11 is 12.1. The molecule has 0 spiro atoms. The first-order chi connectivity index (χ1) is 13.0. The summed E-state index contributed by atoms with van der Waals surface area (Å²) in [7, 11) is 1.58. The molecule has 27 heavy (non-hydrogen) atoms. The number of hydrogen-bond acceptors (Lipinski definition) is 3. The van der Waals surface area contributed by atoms with Crippen molar-refractivity contribution in [3.05, 3.63) is 93.7 Å². The number of carbonyl (C=O) groups is 1. The van der Waals surface area contributed by atoms with E-state index in [9.17, 15) is 9.18 Å². The summed E-state index contributed by atoms with van der Waals surface area (Å²) in [6, 6.07) is 16.9. The van der Waals surface area contributed by atoms with E-state index < -0.39 is 11.9 Å². The van der Waals surface area contributed by atoms with Gasteiger partial charge in [0.2, 0.25) is 0 Å². The lowest BCUT2D eigenvalue weighted by Gasteiger charge is -2.21. The second kappa shape index (κ2) is 8.42. The molecule has 3 aromatic carbocycles. The van der Waals surface area contributed by atoms with E-state index in [0.717, 1.165) is 0 Å². The quantitative estimate of drug-likeness (QED) is 0.499. The van der Waals surface area contributed by atoms with Crippen LogP contribution < -0.4 is 10.1 Å². The minimum Gasteiger partial charge on any atom is -0.497 e. The van der Waals surface area contributed by atoms with Gasteiger partial charge in [0.15, 0.2) is 5.78 Å². The molecule has 0 aliphatic carbocycles. The van der Waals surface area contributed by atoms with Crippen molar-refractivity contribution >= 4 is 34.7 Å². The van der Waals surface area contributed by atoms with E-state index in [0.29, 0.717) is 27.6 Å². The van der Waals surface area contributed by atoms with Crippen LogP contribution in [0.1, 0.15) is 22.0 Å². The third-order valence-electron chi connectivity index (χ3n) is 4.07. The summed E-state index contributed by atoms with van der Waals surface area (Å²) in [6.45, 7) is 0. The van der Waals surface area contributed by atoms with Gasteiger partial charge in [-0.05, 0) is 60.7 Å². The van der Waals surface area contributed by atoms with Crippen LogP contribution in [-0.2, 0) is 0 Å².